The highest BCUT2D eigenvalue weighted by atomic mass is 19.4. The summed E-state index contributed by atoms with van der Waals surface area (Å²) in [5.41, 5.74) is 8.40. The van der Waals surface area contributed by atoms with E-state index in [1.807, 2.05) is 6.07 Å². The van der Waals surface area contributed by atoms with Gasteiger partial charge < -0.3 is 20.4 Å². The number of aromatic nitrogens is 2. The average Bonchev–Trinajstić information content (AvgIpc) is 2.88. The van der Waals surface area contributed by atoms with Crippen molar-refractivity contribution in [2.24, 2.45) is 5.92 Å². The van der Waals surface area contributed by atoms with Gasteiger partial charge in [0.2, 0.25) is 11.8 Å². The molecule has 0 aromatic carbocycles. The van der Waals surface area contributed by atoms with Crippen molar-refractivity contribution in [1.29, 1.82) is 5.26 Å². The number of ether oxygens (including phenoxy) is 1. The third-order valence-corrected chi connectivity index (χ3v) is 6.62. The summed E-state index contributed by atoms with van der Waals surface area (Å²) in [5, 5.41) is 10.9. The van der Waals surface area contributed by atoms with Gasteiger partial charge in [-0.3, -0.25) is 9.69 Å². The minimum Gasteiger partial charge on any atom is -0.477 e. The van der Waals surface area contributed by atoms with Crippen molar-refractivity contribution in [2.45, 2.75) is 25.4 Å². The Kier molecular flexibility index (Phi) is 9.35. The van der Waals surface area contributed by atoms with E-state index in [0.29, 0.717) is 24.6 Å². The molecule has 0 saturated carbocycles. The molecule has 2 aromatic heterocycles. The van der Waals surface area contributed by atoms with Crippen LogP contribution in [0.5, 0.6) is 5.88 Å². The molecule has 10 nitrogen and oxygen atoms in total. The summed E-state index contributed by atoms with van der Waals surface area (Å²) in [6.07, 6.45) is -1.19. The van der Waals surface area contributed by atoms with Gasteiger partial charge in [0.05, 0.1) is 30.2 Å². The Labute approximate surface area is 220 Å². The molecule has 1 fully saturated rings. The van der Waals surface area contributed by atoms with E-state index in [0.717, 1.165) is 32.0 Å². The minimum absolute atomic E-state index is 0.0456. The van der Waals surface area contributed by atoms with Crippen LogP contribution >= 0.6 is 0 Å². The van der Waals surface area contributed by atoms with E-state index in [9.17, 15) is 23.2 Å². The molecule has 0 unspecified atom stereocenters. The number of nitrogens with two attached hydrogens (primary N) is 1. The van der Waals surface area contributed by atoms with Crippen molar-refractivity contribution < 1.29 is 22.7 Å². The second-order valence-electron chi connectivity index (χ2n) is 9.40. The van der Waals surface area contributed by atoms with Gasteiger partial charge in [-0.05, 0) is 50.4 Å². The third-order valence-electron chi connectivity index (χ3n) is 6.62. The standard InChI is InChI=1S/C25H33F3N8O2/c1-31-35(4)21-12-19(33-20(13-29)23(21)30)17-11-18(25(26,27)28)24(32-14-17)38-10-7-16-5-8-36(9-6-16)15-22(37)34(2)3/h11-12,14,16,31H,5-10,15,30H2,1-4H3. The molecule has 3 rings (SSSR count). The molecule has 38 heavy (non-hydrogen) atoms. The fourth-order valence-electron chi connectivity index (χ4n) is 4.17. The van der Waals surface area contributed by atoms with Gasteiger partial charge in [0, 0.05) is 40.0 Å². The number of rotatable bonds is 9. The number of pyridine rings is 2. The zero-order chi connectivity index (χ0) is 28.0. The lowest BCUT2D eigenvalue weighted by Crippen LogP contribution is -2.41. The summed E-state index contributed by atoms with van der Waals surface area (Å²) >= 11 is 0. The smallest absolute Gasteiger partial charge is 0.421 e. The van der Waals surface area contributed by atoms with Gasteiger partial charge in [0.25, 0.3) is 0 Å². The molecule has 1 saturated heterocycles. The number of halogens is 3. The van der Waals surface area contributed by atoms with Crippen molar-refractivity contribution >= 4 is 17.3 Å². The lowest BCUT2D eigenvalue weighted by molar-refractivity contribution is -0.139. The van der Waals surface area contributed by atoms with Crippen LogP contribution in [0.1, 0.15) is 30.5 Å². The summed E-state index contributed by atoms with van der Waals surface area (Å²) in [6, 6.07) is 4.29. The first-order valence-corrected chi connectivity index (χ1v) is 12.2. The van der Waals surface area contributed by atoms with Crippen LogP contribution in [0.25, 0.3) is 11.3 Å². The molecule has 13 heteroatoms. The van der Waals surface area contributed by atoms with Crippen LogP contribution in [0.2, 0.25) is 0 Å². The molecule has 3 heterocycles. The number of nitrogen functional groups attached to an aromatic ring is 1. The molecular weight excluding hydrogens is 501 g/mol. The van der Waals surface area contributed by atoms with Crippen molar-refractivity contribution in [3.63, 3.8) is 0 Å². The molecule has 0 radical (unpaired) electrons. The summed E-state index contributed by atoms with van der Waals surface area (Å²) in [7, 11) is 6.73. The Hall–Kier alpha value is -3.63. The first-order valence-electron chi connectivity index (χ1n) is 12.2. The molecule has 1 amide bonds. The molecule has 1 aliphatic rings. The summed E-state index contributed by atoms with van der Waals surface area (Å²) < 4.78 is 47.3. The van der Waals surface area contributed by atoms with Gasteiger partial charge >= 0.3 is 6.18 Å². The van der Waals surface area contributed by atoms with Gasteiger partial charge in [-0.1, -0.05) is 0 Å². The second-order valence-corrected chi connectivity index (χ2v) is 9.40. The minimum atomic E-state index is -4.71. The molecule has 0 bridgehead atoms. The first kappa shape index (κ1) is 28.9. The monoisotopic (exact) mass is 534 g/mol. The van der Waals surface area contributed by atoms with Gasteiger partial charge in [0.15, 0.2) is 5.69 Å². The second kappa shape index (κ2) is 12.3. The third kappa shape index (κ3) is 7.02. The summed E-state index contributed by atoms with van der Waals surface area (Å²) in [4.78, 5) is 23.6. The normalized spacial score (nSPS) is 14.7. The van der Waals surface area contributed by atoms with Gasteiger partial charge in [-0.15, -0.1) is 0 Å². The molecular formula is C25H33F3N8O2. The van der Waals surface area contributed by atoms with Crippen LogP contribution in [0, 0.1) is 17.2 Å². The number of piperidine rings is 1. The van der Waals surface area contributed by atoms with Gasteiger partial charge in [-0.25, -0.2) is 15.4 Å². The highest BCUT2D eigenvalue weighted by molar-refractivity contribution is 5.78. The van der Waals surface area contributed by atoms with E-state index in [1.165, 1.54) is 17.3 Å². The number of carbonyl (C=O) groups is 1. The van der Waals surface area contributed by atoms with E-state index < -0.39 is 17.6 Å². The molecule has 1 aliphatic heterocycles. The number of hydrogen-bond donors (Lipinski definition) is 2. The molecule has 0 atom stereocenters. The van der Waals surface area contributed by atoms with Crippen LogP contribution in [-0.4, -0.2) is 80.1 Å². The Morgan fingerprint density at radius 1 is 1.29 bits per heavy atom. The van der Waals surface area contributed by atoms with E-state index in [1.54, 1.807) is 33.1 Å². The number of amides is 1. The number of anilines is 2. The predicted octanol–water partition coefficient (Wildman–Crippen LogP) is 2.76. The maximum atomic E-state index is 13.9. The molecule has 3 N–H and O–H groups in total. The summed E-state index contributed by atoms with van der Waals surface area (Å²) in [6.45, 7) is 1.98. The summed E-state index contributed by atoms with van der Waals surface area (Å²) in [5.74, 6) is -0.164. The number of likely N-dealkylation sites (N-methyl/N-ethyl adjacent to an activating group) is 1. The van der Waals surface area contributed by atoms with Crippen LogP contribution < -0.4 is 20.9 Å². The van der Waals surface area contributed by atoms with Crippen LogP contribution in [0.4, 0.5) is 24.5 Å². The fraction of sp³-hybridized carbons (Fsp3) is 0.520. The van der Waals surface area contributed by atoms with Crippen molar-refractivity contribution in [3.05, 3.63) is 29.6 Å². The maximum Gasteiger partial charge on any atom is 0.421 e. The number of carbonyl (C=O) groups excluding carboxylic acids is 1. The van der Waals surface area contributed by atoms with E-state index >= 15 is 0 Å². The van der Waals surface area contributed by atoms with Gasteiger partial charge in [0.1, 0.15) is 11.6 Å². The van der Waals surface area contributed by atoms with Crippen molar-refractivity contribution in [3.8, 4) is 23.2 Å². The predicted molar refractivity (Wildman–Crippen MR) is 137 cm³/mol. The Morgan fingerprint density at radius 3 is 2.55 bits per heavy atom. The maximum absolute atomic E-state index is 13.9. The number of hydrazine groups is 1. The zero-order valence-electron chi connectivity index (χ0n) is 22.0. The topological polar surface area (TPSA) is 124 Å². The van der Waals surface area contributed by atoms with Crippen LogP contribution in [0.15, 0.2) is 18.3 Å². The largest absolute Gasteiger partial charge is 0.477 e. The van der Waals surface area contributed by atoms with E-state index in [2.05, 4.69) is 20.3 Å². The van der Waals surface area contributed by atoms with Crippen molar-refractivity contribution in [2.75, 3.05) is 65.2 Å². The molecule has 206 valence electrons. The number of likely N-dealkylation sites (tertiary alicyclic amines) is 1. The lowest BCUT2D eigenvalue weighted by atomic mass is 9.94. The number of nitrogens with zero attached hydrogens (tertiary/aromatic N) is 6. The number of hydrogen-bond acceptors (Lipinski definition) is 9. The van der Waals surface area contributed by atoms with Gasteiger partial charge in [-0.2, -0.15) is 18.4 Å². The fourth-order valence-corrected chi connectivity index (χ4v) is 4.17. The number of nitrogens with one attached hydrogen (secondary N) is 1. The average molecular weight is 535 g/mol. The highest BCUT2D eigenvalue weighted by Gasteiger charge is 2.36. The molecule has 0 spiro atoms. The highest BCUT2D eigenvalue weighted by Crippen LogP contribution is 2.38. The first-order chi connectivity index (χ1) is 17.9. The zero-order valence-corrected chi connectivity index (χ0v) is 22.0. The van der Waals surface area contributed by atoms with E-state index in [4.69, 9.17) is 10.5 Å². The Bertz CT molecular complexity index is 1170. The SMILES string of the molecule is CNN(C)c1cc(-c2cnc(OCCC3CCN(CC(=O)N(C)C)CC3)c(C(F)(F)F)c2)nc(C#N)c1N. The quantitative estimate of drug-likeness (QED) is 0.468. The Morgan fingerprint density at radius 2 is 1.97 bits per heavy atom. The van der Waals surface area contributed by atoms with Crippen LogP contribution in [0.3, 0.4) is 0 Å². The van der Waals surface area contributed by atoms with Crippen LogP contribution in [-0.2, 0) is 11.0 Å². The van der Waals surface area contributed by atoms with Crippen molar-refractivity contribution in [1.82, 2.24) is 25.2 Å². The lowest BCUT2D eigenvalue weighted by Gasteiger charge is -2.32. The molecule has 0 aliphatic carbocycles. The Balaban J connectivity index is 1.72. The molecule has 2 aromatic rings. The van der Waals surface area contributed by atoms with E-state index in [-0.39, 0.29) is 35.2 Å². The number of nitriles is 1. The number of alkyl halides is 3.